The third-order valence-electron chi connectivity index (χ3n) is 3.69. The number of amides is 1. The molecule has 2 rings (SSSR count). The fourth-order valence-electron chi connectivity index (χ4n) is 2.35. The van der Waals surface area contributed by atoms with Crippen LogP contribution in [0.1, 0.15) is 6.92 Å². The number of nitrogens with one attached hydrogen (secondary N) is 1. The molecule has 0 aliphatic carbocycles. The maximum absolute atomic E-state index is 13.1. The molecule has 0 atom stereocenters. The van der Waals surface area contributed by atoms with E-state index in [0.29, 0.717) is 11.4 Å². The van der Waals surface area contributed by atoms with Gasteiger partial charge in [-0.3, -0.25) is 13.9 Å². The normalized spacial score (nSPS) is 10.9. The molecule has 150 valence electrons. The Hall–Kier alpha value is -2.78. The van der Waals surface area contributed by atoms with E-state index < -0.39 is 22.5 Å². The molecule has 2 aromatic rings. The Labute approximate surface area is 168 Å². The van der Waals surface area contributed by atoms with E-state index in [4.69, 9.17) is 16.3 Å². The van der Waals surface area contributed by atoms with E-state index in [1.807, 2.05) is 0 Å². The largest absolute Gasteiger partial charge is 0.495 e. The zero-order valence-electron chi connectivity index (χ0n) is 15.4. The molecule has 2 aromatic carbocycles. The molecule has 0 heterocycles. The predicted molar refractivity (Wildman–Crippen MR) is 105 cm³/mol. The minimum absolute atomic E-state index is 0.0718. The van der Waals surface area contributed by atoms with Crippen molar-refractivity contribution in [3.63, 3.8) is 0 Å². The molecule has 8 nitrogen and oxygen atoms in total. The number of methoxy groups -OCH3 is 2. The van der Waals surface area contributed by atoms with E-state index >= 15 is 0 Å². The third-order valence-corrected chi connectivity index (χ3v) is 5.77. The van der Waals surface area contributed by atoms with E-state index in [0.717, 1.165) is 11.4 Å². The van der Waals surface area contributed by atoms with E-state index in [1.54, 1.807) is 0 Å². The Bertz CT molecular complexity index is 976. The van der Waals surface area contributed by atoms with Crippen molar-refractivity contribution < 1.29 is 27.5 Å². The van der Waals surface area contributed by atoms with Gasteiger partial charge in [-0.05, 0) is 42.5 Å². The minimum Gasteiger partial charge on any atom is -0.495 e. The van der Waals surface area contributed by atoms with Gasteiger partial charge in [0.25, 0.3) is 10.0 Å². The number of esters is 1. The molecule has 0 unspecified atom stereocenters. The summed E-state index contributed by atoms with van der Waals surface area (Å²) in [7, 11) is -1.53. The third kappa shape index (κ3) is 4.93. The number of rotatable bonds is 7. The van der Waals surface area contributed by atoms with Crippen LogP contribution in [0.15, 0.2) is 47.4 Å². The van der Waals surface area contributed by atoms with Crippen molar-refractivity contribution in [3.05, 3.63) is 47.5 Å². The molecule has 0 aliphatic rings. The predicted octanol–water partition coefficient (Wildman–Crippen LogP) is 2.68. The number of carbonyl (C=O) groups is 2. The summed E-state index contributed by atoms with van der Waals surface area (Å²) in [5.41, 5.74) is 0.612. The van der Waals surface area contributed by atoms with Gasteiger partial charge in [-0.15, -0.1) is 0 Å². The lowest BCUT2D eigenvalue weighted by molar-refractivity contribution is -0.138. The number of halogens is 1. The lowest BCUT2D eigenvalue weighted by Crippen LogP contribution is -2.36. The van der Waals surface area contributed by atoms with E-state index in [2.05, 4.69) is 10.1 Å². The van der Waals surface area contributed by atoms with Crippen LogP contribution < -0.4 is 14.4 Å². The van der Waals surface area contributed by atoms with Gasteiger partial charge in [-0.2, -0.15) is 0 Å². The monoisotopic (exact) mass is 426 g/mol. The number of benzene rings is 2. The van der Waals surface area contributed by atoms with Gasteiger partial charge in [-0.25, -0.2) is 8.42 Å². The van der Waals surface area contributed by atoms with Crippen LogP contribution in [-0.4, -0.2) is 41.1 Å². The molecule has 0 saturated carbocycles. The van der Waals surface area contributed by atoms with Crippen molar-refractivity contribution in [1.82, 2.24) is 0 Å². The highest BCUT2D eigenvalue weighted by Gasteiger charge is 2.28. The van der Waals surface area contributed by atoms with Crippen LogP contribution in [0.3, 0.4) is 0 Å². The van der Waals surface area contributed by atoms with Gasteiger partial charge < -0.3 is 14.8 Å². The number of carbonyl (C=O) groups excluding carboxylic acids is 2. The van der Waals surface area contributed by atoms with Crippen molar-refractivity contribution in [3.8, 4) is 5.75 Å². The van der Waals surface area contributed by atoms with Crippen LogP contribution in [0.2, 0.25) is 5.02 Å². The zero-order valence-corrected chi connectivity index (χ0v) is 17.0. The van der Waals surface area contributed by atoms with Crippen LogP contribution in [0.5, 0.6) is 5.75 Å². The van der Waals surface area contributed by atoms with Crippen molar-refractivity contribution >= 4 is 44.9 Å². The molecule has 1 N–H and O–H groups in total. The van der Waals surface area contributed by atoms with Gasteiger partial charge in [0.15, 0.2) is 0 Å². The summed E-state index contributed by atoms with van der Waals surface area (Å²) in [6, 6.07) is 9.91. The summed E-state index contributed by atoms with van der Waals surface area (Å²) in [5.74, 6) is -0.665. The molecular formula is C18H19ClN2O6S. The number of sulfonamides is 1. The molecule has 0 radical (unpaired) electrons. The van der Waals surface area contributed by atoms with Gasteiger partial charge in [0.2, 0.25) is 5.91 Å². The minimum atomic E-state index is -4.12. The standard InChI is InChI=1S/C18H19ClN2O6S/c1-12(22)20-13-4-7-15(8-5-13)28(24,25)21(11-18(23)27-3)14-6-9-17(26-2)16(19)10-14/h4-10H,11H2,1-3H3,(H,20,22). The van der Waals surface area contributed by atoms with Gasteiger partial charge in [0.05, 0.1) is 29.8 Å². The molecule has 0 aromatic heterocycles. The van der Waals surface area contributed by atoms with Crippen molar-refractivity contribution in [2.24, 2.45) is 0 Å². The fraction of sp³-hybridized carbons (Fsp3) is 0.222. The first-order chi connectivity index (χ1) is 13.2. The Morgan fingerprint density at radius 2 is 1.75 bits per heavy atom. The average molecular weight is 427 g/mol. The molecule has 0 spiro atoms. The summed E-state index contributed by atoms with van der Waals surface area (Å²) < 4.78 is 36.9. The number of anilines is 2. The summed E-state index contributed by atoms with van der Waals surface area (Å²) in [5, 5.41) is 2.74. The van der Waals surface area contributed by atoms with Gasteiger partial charge >= 0.3 is 5.97 Å². The molecule has 0 bridgehead atoms. The van der Waals surface area contributed by atoms with Crippen molar-refractivity contribution in [2.75, 3.05) is 30.4 Å². The average Bonchev–Trinajstić information content (AvgIpc) is 2.65. The molecular weight excluding hydrogens is 408 g/mol. The smallest absolute Gasteiger partial charge is 0.326 e. The molecule has 0 fully saturated rings. The van der Waals surface area contributed by atoms with Crippen molar-refractivity contribution in [1.29, 1.82) is 0 Å². The second kappa shape index (κ2) is 8.94. The molecule has 10 heteroatoms. The Balaban J connectivity index is 2.48. The summed E-state index contributed by atoms with van der Waals surface area (Å²) >= 11 is 6.11. The van der Waals surface area contributed by atoms with Gasteiger partial charge in [0, 0.05) is 12.6 Å². The number of ether oxygens (including phenoxy) is 2. The molecule has 0 aliphatic heterocycles. The quantitative estimate of drug-likeness (QED) is 0.683. The Morgan fingerprint density at radius 1 is 1.11 bits per heavy atom. The lowest BCUT2D eigenvalue weighted by atomic mass is 10.3. The number of nitrogens with zero attached hydrogens (tertiary/aromatic N) is 1. The second-order valence-corrected chi connectivity index (χ2v) is 7.88. The number of hydrogen-bond donors (Lipinski definition) is 1. The first-order valence-electron chi connectivity index (χ1n) is 7.99. The van der Waals surface area contributed by atoms with Crippen LogP contribution in [0, 0.1) is 0 Å². The fourth-order valence-corrected chi connectivity index (χ4v) is 4.00. The van der Waals surface area contributed by atoms with E-state index in [1.165, 1.54) is 56.5 Å². The second-order valence-electron chi connectivity index (χ2n) is 5.61. The highest BCUT2D eigenvalue weighted by molar-refractivity contribution is 7.92. The number of hydrogen-bond acceptors (Lipinski definition) is 6. The van der Waals surface area contributed by atoms with Crippen LogP contribution in [-0.2, 0) is 24.3 Å². The summed E-state index contributed by atoms with van der Waals surface area (Å²) in [4.78, 5) is 22.9. The van der Waals surface area contributed by atoms with Crippen LogP contribution in [0.4, 0.5) is 11.4 Å². The molecule has 28 heavy (non-hydrogen) atoms. The highest BCUT2D eigenvalue weighted by Crippen LogP contribution is 2.32. The Morgan fingerprint density at radius 3 is 2.25 bits per heavy atom. The SMILES string of the molecule is COC(=O)CN(c1ccc(OC)c(Cl)c1)S(=O)(=O)c1ccc(NC(C)=O)cc1. The highest BCUT2D eigenvalue weighted by atomic mass is 35.5. The van der Waals surface area contributed by atoms with Gasteiger partial charge in [0.1, 0.15) is 12.3 Å². The first-order valence-corrected chi connectivity index (χ1v) is 9.81. The van der Waals surface area contributed by atoms with Crippen molar-refractivity contribution in [2.45, 2.75) is 11.8 Å². The summed E-state index contributed by atoms with van der Waals surface area (Å²) in [6.45, 7) is 0.797. The van der Waals surface area contributed by atoms with Gasteiger partial charge in [-0.1, -0.05) is 11.6 Å². The lowest BCUT2D eigenvalue weighted by Gasteiger charge is -2.24. The summed E-state index contributed by atoms with van der Waals surface area (Å²) in [6.07, 6.45) is 0. The van der Waals surface area contributed by atoms with Crippen LogP contribution in [0.25, 0.3) is 0 Å². The maximum atomic E-state index is 13.1. The van der Waals surface area contributed by atoms with E-state index in [9.17, 15) is 18.0 Å². The Kier molecular flexibility index (Phi) is 6.87. The first kappa shape index (κ1) is 21.5. The zero-order chi connectivity index (χ0) is 20.9. The topological polar surface area (TPSA) is 102 Å². The van der Waals surface area contributed by atoms with Crippen LogP contribution >= 0.6 is 11.6 Å². The molecule has 1 amide bonds. The van der Waals surface area contributed by atoms with E-state index in [-0.39, 0.29) is 21.5 Å². The maximum Gasteiger partial charge on any atom is 0.326 e. The molecule has 0 saturated heterocycles.